The molecule has 0 spiro atoms. The van der Waals surface area contributed by atoms with Gasteiger partial charge in [-0.1, -0.05) is 71.3 Å². The summed E-state index contributed by atoms with van der Waals surface area (Å²) in [5.41, 5.74) is 2.13. The summed E-state index contributed by atoms with van der Waals surface area (Å²) >= 11 is 0. The third-order valence-electron chi connectivity index (χ3n) is 6.45. The lowest BCUT2D eigenvalue weighted by molar-refractivity contribution is 0.252. The van der Waals surface area contributed by atoms with Gasteiger partial charge in [-0.15, -0.1) is 10.2 Å². The van der Waals surface area contributed by atoms with Gasteiger partial charge in [0.25, 0.3) is 0 Å². The van der Waals surface area contributed by atoms with Gasteiger partial charge in [-0.25, -0.2) is 4.39 Å². The molecule has 0 radical (unpaired) electrons. The van der Waals surface area contributed by atoms with Crippen LogP contribution in [0.2, 0.25) is 0 Å². The molecule has 0 amide bonds. The van der Waals surface area contributed by atoms with Crippen molar-refractivity contribution in [3.8, 4) is 17.1 Å². The SMILES string of the molecule is CCCCCOc1ccc(-c2ccc(CCC3CCC(CCC)CC3)cc2F)nn1. The first-order chi connectivity index (χ1) is 14.7. The molecule has 0 aliphatic heterocycles. The molecular formula is C26H37FN2O. The van der Waals surface area contributed by atoms with E-state index in [9.17, 15) is 4.39 Å². The molecule has 4 heteroatoms. The summed E-state index contributed by atoms with van der Waals surface area (Å²) in [7, 11) is 0. The second-order valence-corrected chi connectivity index (χ2v) is 8.84. The quantitative estimate of drug-likeness (QED) is 0.361. The minimum Gasteiger partial charge on any atom is -0.477 e. The molecule has 0 unspecified atom stereocenters. The largest absolute Gasteiger partial charge is 0.477 e. The van der Waals surface area contributed by atoms with Crippen LogP contribution in [0.5, 0.6) is 5.88 Å². The van der Waals surface area contributed by atoms with Gasteiger partial charge in [0.2, 0.25) is 5.88 Å². The van der Waals surface area contributed by atoms with Crippen molar-refractivity contribution in [3.05, 3.63) is 41.7 Å². The van der Waals surface area contributed by atoms with E-state index in [0.29, 0.717) is 23.7 Å². The smallest absolute Gasteiger partial charge is 0.233 e. The summed E-state index contributed by atoms with van der Waals surface area (Å²) in [6.07, 6.45) is 13.6. The van der Waals surface area contributed by atoms with Crippen LogP contribution in [-0.4, -0.2) is 16.8 Å². The lowest BCUT2D eigenvalue weighted by atomic mass is 9.78. The van der Waals surface area contributed by atoms with Crippen LogP contribution in [0, 0.1) is 17.7 Å². The molecule has 1 heterocycles. The van der Waals surface area contributed by atoms with Gasteiger partial charge in [0.05, 0.1) is 12.3 Å². The Morgan fingerprint density at radius 3 is 2.30 bits per heavy atom. The highest BCUT2D eigenvalue weighted by Crippen LogP contribution is 2.34. The molecule has 0 saturated heterocycles. The van der Waals surface area contributed by atoms with Crippen molar-refractivity contribution in [1.29, 1.82) is 0 Å². The third-order valence-corrected chi connectivity index (χ3v) is 6.45. The van der Waals surface area contributed by atoms with E-state index in [2.05, 4.69) is 24.0 Å². The number of aromatic nitrogens is 2. The molecule has 3 rings (SSSR count). The van der Waals surface area contributed by atoms with Crippen LogP contribution in [0.1, 0.15) is 83.6 Å². The number of ether oxygens (including phenoxy) is 1. The molecule has 2 aromatic rings. The van der Waals surface area contributed by atoms with Crippen molar-refractivity contribution in [2.45, 2.75) is 84.5 Å². The Morgan fingerprint density at radius 2 is 1.67 bits per heavy atom. The number of benzene rings is 1. The van der Waals surface area contributed by atoms with E-state index in [-0.39, 0.29) is 5.82 Å². The van der Waals surface area contributed by atoms with Crippen LogP contribution in [-0.2, 0) is 6.42 Å². The molecule has 0 N–H and O–H groups in total. The van der Waals surface area contributed by atoms with Crippen molar-refractivity contribution in [1.82, 2.24) is 10.2 Å². The van der Waals surface area contributed by atoms with Gasteiger partial charge in [-0.05, 0) is 54.9 Å². The maximum absolute atomic E-state index is 14.7. The van der Waals surface area contributed by atoms with Crippen LogP contribution in [0.15, 0.2) is 30.3 Å². The van der Waals surface area contributed by atoms with E-state index >= 15 is 0 Å². The lowest BCUT2D eigenvalue weighted by Gasteiger charge is -2.28. The average molecular weight is 413 g/mol. The summed E-state index contributed by atoms with van der Waals surface area (Å²) < 4.78 is 20.3. The maximum Gasteiger partial charge on any atom is 0.233 e. The Hall–Kier alpha value is -1.97. The normalized spacial score (nSPS) is 19.0. The van der Waals surface area contributed by atoms with Gasteiger partial charge in [0.15, 0.2) is 0 Å². The van der Waals surface area contributed by atoms with Crippen molar-refractivity contribution in [3.63, 3.8) is 0 Å². The minimum absolute atomic E-state index is 0.218. The Labute approximate surface area is 181 Å². The number of hydrogen-bond acceptors (Lipinski definition) is 3. The predicted molar refractivity (Wildman–Crippen MR) is 121 cm³/mol. The molecule has 1 aromatic carbocycles. The monoisotopic (exact) mass is 412 g/mol. The van der Waals surface area contributed by atoms with Crippen LogP contribution in [0.4, 0.5) is 4.39 Å². The number of halogens is 1. The first-order valence-electron chi connectivity index (χ1n) is 11.9. The summed E-state index contributed by atoms with van der Waals surface area (Å²) in [6.45, 7) is 5.09. The zero-order chi connectivity index (χ0) is 21.2. The molecule has 164 valence electrons. The van der Waals surface area contributed by atoms with Gasteiger partial charge in [-0.3, -0.25) is 0 Å². The van der Waals surface area contributed by atoms with E-state index in [4.69, 9.17) is 4.74 Å². The molecule has 1 aromatic heterocycles. The van der Waals surface area contributed by atoms with Gasteiger partial charge in [0.1, 0.15) is 5.82 Å². The van der Waals surface area contributed by atoms with E-state index < -0.39 is 0 Å². The summed E-state index contributed by atoms with van der Waals surface area (Å²) in [4.78, 5) is 0. The second-order valence-electron chi connectivity index (χ2n) is 8.84. The van der Waals surface area contributed by atoms with E-state index in [0.717, 1.165) is 43.1 Å². The highest BCUT2D eigenvalue weighted by Gasteiger charge is 2.20. The molecule has 1 aliphatic rings. The van der Waals surface area contributed by atoms with E-state index in [1.54, 1.807) is 18.2 Å². The summed E-state index contributed by atoms with van der Waals surface area (Å²) in [5, 5.41) is 8.26. The Bertz CT molecular complexity index is 754. The van der Waals surface area contributed by atoms with Gasteiger partial charge in [0, 0.05) is 11.6 Å². The number of unbranched alkanes of at least 4 members (excludes halogenated alkanes) is 2. The summed E-state index contributed by atoms with van der Waals surface area (Å²) in [6, 6.07) is 9.12. The van der Waals surface area contributed by atoms with Gasteiger partial charge in [-0.2, -0.15) is 0 Å². The number of rotatable bonds is 11. The third kappa shape index (κ3) is 6.78. The lowest BCUT2D eigenvalue weighted by Crippen LogP contribution is -2.15. The Balaban J connectivity index is 1.50. The van der Waals surface area contributed by atoms with E-state index in [1.807, 2.05) is 12.1 Å². The number of aryl methyl sites for hydroxylation is 1. The van der Waals surface area contributed by atoms with Crippen LogP contribution in [0.25, 0.3) is 11.3 Å². The Kier molecular flexibility index (Phi) is 9.10. The average Bonchev–Trinajstić information content (AvgIpc) is 2.77. The fraction of sp³-hybridized carbons (Fsp3) is 0.615. The van der Waals surface area contributed by atoms with Gasteiger partial charge < -0.3 is 4.74 Å². The van der Waals surface area contributed by atoms with E-state index in [1.165, 1.54) is 44.9 Å². The molecule has 0 atom stereocenters. The molecule has 0 bridgehead atoms. The molecule has 30 heavy (non-hydrogen) atoms. The van der Waals surface area contributed by atoms with Crippen LogP contribution < -0.4 is 4.74 Å². The number of hydrogen-bond donors (Lipinski definition) is 0. The molecule has 1 aliphatic carbocycles. The molecule has 1 fully saturated rings. The predicted octanol–water partition coefficient (Wildman–Crippen LogP) is 7.39. The van der Waals surface area contributed by atoms with Crippen molar-refractivity contribution < 1.29 is 9.13 Å². The highest BCUT2D eigenvalue weighted by molar-refractivity contribution is 5.60. The molecular weight excluding hydrogens is 375 g/mol. The number of nitrogens with zero attached hydrogens (tertiary/aromatic N) is 2. The summed E-state index contributed by atoms with van der Waals surface area (Å²) in [5.74, 6) is 2.03. The van der Waals surface area contributed by atoms with Crippen molar-refractivity contribution >= 4 is 0 Å². The maximum atomic E-state index is 14.7. The van der Waals surface area contributed by atoms with Crippen LogP contribution in [0.3, 0.4) is 0 Å². The molecule has 1 saturated carbocycles. The second kappa shape index (κ2) is 12.0. The van der Waals surface area contributed by atoms with Gasteiger partial charge >= 0.3 is 0 Å². The van der Waals surface area contributed by atoms with Crippen molar-refractivity contribution in [2.24, 2.45) is 11.8 Å². The Morgan fingerprint density at radius 1 is 0.900 bits per heavy atom. The minimum atomic E-state index is -0.218. The van der Waals surface area contributed by atoms with Crippen molar-refractivity contribution in [2.75, 3.05) is 6.61 Å². The standard InChI is InChI=1S/C26H37FN2O/c1-3-5-6-18-30-26-17-16-25(28-29-26)23-15-14-22(19-24(23)27)13-12-21-10-8-20(7-4-2)9-11-21/h14-17,19-21H,3-13,18H2,1-2H3. The first-order valence-corrected chi connectivity index (χ1v) is 11.9. The fourth-order valence-corrected chi connectivity index (χ4v) is 4.58. The van der Waals surface area contributed by atoms with Crippen LogP contribution >= 0.6 is 0 Å². The highest BCUT2D eigenvalue weighted by atomic mass is 19.1. The first kappa shape index (κ1) is 22.7. The zero-order valence-corrected chi connectivity index (χ0v) is 18.7. The topological polar surface area (TPSA) is 35.0 Å². The zero-order valence-electron chi connectivity index (χ0n) is 18.7. The molecule has 3 nitrogen and oxygen atoms in total. The fourth-order valence-electron chi connectivity index (χ4n) is 4.58.